The summed E-state index contributed by atoms with van der Waals surface area (Å²) in [7, 11) is 0. The second-order valence-electron chi connectivity index (χ2n) is 5.13. The first-order valence-electron chi connectivity index (χ1n) is 7.52. The lowest BCUT2D eigenvalue weighted by Crippen LogP contribution is -2.01. The highest BCUT2D eigenvalue weighted by Crippen LogP contribution is 2.34. The second-order valence-corrected chi connectivity index (χ2v) is 6.42. The van der Waals surface area contributed by atoms with Crippen LogP contribution in [-0.2, 0) is 0 Å². The number of ether oxygens (including phenoxy) is 1. The first-order chi connectivity index (χ1) is 9.65. The lowest BCUT2D eigenvalue weighted by atomic mass is 10.1. The second kappa shape index (κ2) is 10.3. The molecule has 0 aromatic heterocycles. The maximum absolute atomic E-state index is 5.91. The van der Waals surface area contributed by atoms with E-state index in [-0.39, 0.29) is 0 Å². The van der Waals surface area contributed by atoms with E-state index in [1.54, 1.807) is 12.1 Å². The van der Waals surface area contributed by atoms with Crippen molar-refractivity contribution >= 4 is 33.2 Å². The minimum Gasteiger partial charge on any atom is -0.490 e. The first-order valence-corrected chi connectivity index (χ1v) is 8.69. The largest absolute Gasteiger partial charge is 0.490 e. The molecule has 0 heterocycles. The molecule has 1 aromatic rings. The molecular formula is C16H25BrClNO. The third-order valence-electron chi connectivity index (χ3n) is 3.28. The van der Waals surface area contributed by atoms with E-state index in [1.807, 2.05) is 0 Å². The van der Waals surface area contributed by atoms with Crippen LogP contribution in [0.2, 0.25) is 5.02 Å². The fourth-order valence-electron chi connectivity index (χ4n) is 2.14. The molecule has 2 N–H and O–H groups in total. The van der Waals surface area contributed by atoms with Gasteiger partial charge >= 0.3 is 0 Å². The highest BCUT2D eigenvalue weighted by Gasteiger charge is 2.07. The number of rotatable bonds is 10. The molecule has 1 rings (SSSR count). The van der Waals surface area contributed by atoms with Crippen LogP contribution in [0.5, 0.6) is 5.75 Å². The molecule has 0 bridgehead atoms. The third kappa shape index (κ3) is 6.85. The van der Waals surface area contributed by atoms with E-state index in [0.29, 0.717) is 23.1 Å². The number of hydrogen-bond donors (Lipinski definition) is 1. The summed E-state index contributed by atoms with van der Waals surface area (Å²) in [5, 5.41) is 0.619. The average Bonchev–Trinajstić information content (AvgIpc) is 2.39. The van der Waals surface area contributed by atoms with E-state index >= 15 is 0 Å². The van der Waals surface area contributed by atoms with Crippen LogP contribution in [-0.4, -0.2) is 6.61 Å². The van der Waals surface area contributed by atoms with Gasteiger partial charge in [-0.1, -0.05) is 63.5 Å². The zero-order valence-electron chi connectivity index (χ0n) is 12.3. The molecule has 0 amide bonds. The van der Waals surface area contributed by atoms with Crippen LogP contribution in [0.1, 0.15) is 58.3 Å². The topological polar surface area (TPSA) is 35.2 Å². The van der Waals surface area contributed by atoms with Gasteiger partial charge in [-0.05, 0) is 34.5 Å². The van der Waals surface area contributed by atoms with Gasteiger partial charge in [0, 0.05) is 5.02 Å². The Hall–Kier alpha value is -0.410. The van der Waals surface area contributed by atoms with E-state index in [4.69, 9.17) is 22.1 Å². The molecule has 0 spiro atoms. The van der Waals surface area contributed by atoms with E-state index < -0.39 is 0 Å². The number of nitrogens with two attached hydrogens (primary N) is 1. The van der Waals surface area contributed by atoms with Crippen molar-refractivity contribution < 1.29 is 4.74 Å². The van der Waals surface area contributed by atoms with Crippen LogP contribution in [0.25, 0.3) is 0 Å². The predicted molar refractivity (Wildman–Crippen MR) is 91.7 cm³/mol. The van der Waals surface area contributed by atoms with Gasteiger partial charge in [0.2, 0.25) is 0 Å². The van der Waals surface area contributed by atoms with Crippen LogP contribution in [0.4, 0.5) is 5.69 Å². The van der Waals surface area contributed by atoms with Gasteiger partial charge in [0.1, 0.15) is 0 Å². The van der Waals surface area contributed by atoms with Crippen molar-refractivity contribution in [2.24, 2.45) is 0 Å². The zero-order valence-corrected chi connectivity index (χ0v) is 14.6. The number of halogens is 2. The number of anilines is 1. The van der Waals surface area contributed by atoms with Crippen LogP contribution in [0.3, 0.4) is 0 Å². The third-order valence-corrected chi connectivity index (χ3v) is 4.09. The van der Waals surface area contributed by atoms with Gasteiger partial charge in [0.15, 0.2) is 5.75 Å². The van der Waals surface area contributed by atoms with Crippen molar-refractivity contribution in [1.29, 1.82) is 0 Å². The standard InChI is InChI=1S/C16H25BrClNO/c1-2-3-4-5-6-7-8-9-10-20-16-14(17)11-13(18)12-15(16)19/h11-12H,2-10,19H2,1H3. The molecule has 4 heteroatoms. The van der Waals surface area contributed by atoms with Gasteiger partial charge in [-0.25, -0.2) is 0 Å². The Morgan fingerprint density at radius 1 is 1.05 bits per heavy atom. The lowest BCUT2D eigenvalue weighted by molar-refractivity contribution is 0.304. The smallest absolute Gasteiger partial charge is 0.156 e. The average molecular weight is 363 g/mol. The van der Waals surface area contributed by atoms with Gasteiger partial charge in [-0.15, -0.1) is 0 Å². The summed E-state index contributed by atoms with van der Waals surface area (Å²) in [6, 6.07) is 3.52. The Morgan fingerprint density at radius 2 is 1.65 bits per heavy atom. The quantitative estimate of drug-likeness (QED) is 0.397. The van der Waals surface area contributed by atoms with Gasteiger partial charge in [-0.3, -0.25) is 0 Å². The first kappa shape index (κ1) is 17.6. The van der Waals surface area contributed by atoms with Crippen molar-refractivity contribution in [3.8, 4) is 5.75 Å². The van der Waals surface area contributed by atoms with Crippen molar-refractivity contribution in [3.05, 3.63) is 21.6 Å². The molecule has 0 unspecified atom stereocenters. The molecule has 0 saturated heterocycles. The Balaban J connectivity index is 2.13. The molecule has 2 nitrogen and oxygen atoms in total. The van der Waals surface area contributed by atoms with Gasteiger partial charge < -0.3 is 10.5 Å². The normalized spacial score (nSPS) is 10.8. The fourth-order valence-corrected chi connectivity index (χ4v) is 3.09. The van der Waals surface area contributed by atoms with Gasteiger partial charge in [0.25, 0.3) is 0 Å². The molecule has 0 fully saturated rings. The molecule has 0 aliphatic rings. The lowest BCUT2D eigenvalue weighted by Gasteiger charge is -2.11. The summed E-state index contributed by atoms with van der Waals surface area (Å²) in [4.78, 5) is 0. The molecule has 114 valence electrons. The number of hydrogen-bond acceptors (Lipinski definition) is 2. The fraction of sp³-hybridized carbons (Fsp3) is 0.625. The van der Waals surface area contributed by atoms with E-state index in [1.165, 1.54) is 44.9 Å². The highest BCUT2D eigenvalue weighted by molar-refractivity contribution is 9.10. The van der Waals surface area contributed by atoms with Crippen molar-refractivity contribution in [1.82, 2.24) is 0 Å². The molecule has 0 atom stereocenters. The van der Waals surface area contributed by atoms with Crippen molar-refractivity contribution in [3.63, 3.8) is 0 Å². The summed E-state index contributed by atoms with van der Waals surface area (Å²) < 4.78 is 6.56. The van der Waals surface area contributed by atoms with Crippen LogP contribution < -0.4 is 10.5 Å². The Labute approximate surface area is 136 Å². The summed E-state index contributed by atoms with van der Waals surface area (Å²) in [5.74, 6) is 0.706. The minimum absolute atomic E-state index is 0.587. The zero-order chi connectivity index (χ0) is 14.8. The molecule has 1 aromatic carbocycles. The molecule has 0 aliphatic heterocycles. The monoisotopic (exact) mass is 361 g/mol. The molecule has 0 saturated carbocycles. The summed E-state index contributed by atoms with van der Waals surface area (Å²) >= 11 is 9.34. The van der Waals surface area contributed by atoms with Crippen molar-refractivity contribution in [2.45, 2.75) is 58.3 Å². The maximum Gasteiger partial charge on any atom is 0.156 e. The van der Waals surface area contributed by atoms with E-state index in [0.717, 1.165) is 10.9 Å². The highest BCUT2D eigenvalue weighted by atomic mass is 79.9. The van der Waals surface area contributed by atoms with Crippen LogP contribution in [0, 0.1) is 0 Å². The van der Waals surface area contributed by atoms with E-state index in [2.05, 4.69) is 22.9 Å². The summed E-state index contributed by atoms with van der Waals surface area (Å²) in [5.41, 5.74) is 6.48. The minimum atomic E-state index is 0.587. The van der Waals surface area contributed by atoms with Crippen molar-refractivity contribution in [2.75, 3.05) is 12.3 Å². The van der Waals surface area contributed by atoms with Gasteiger partial charge in [0.05, 0.1) is 16.8 Å². The predicted octanol–water partition coefficient (Wildman–Crippen LogP) is 6.20. The van der Waals surface area contributed by atoms with E-state index in [9.17, 15) is 0 Å². The maximum atomic E-state index is 5.91. The van der Waals surface area contributed by atoms with Crippen LogP contribution in [0.15, 0.2) is 16.6 Å². The molecule has 20 heavy (non-hydrogen) atoms. The van der Waals surface area contributed by atoms with Gasteiger partial charge in [-0.2, -0.15) is 0 Å². The number of unbranched alkanes of at least 4 members (excludes halogenated alkanes) is 7. The Morgan fingerprint density at radius 3 is 2.25 bits per heavy atom. The molecule has 0 aliphatic carbocycles. The Bertz CT molecular complexity index is 375. The Kier molecular flexibility index (Phi) is 9.12. The van der Waals surface area contributed by atoms with Crippen LogP contribution >= 0.6 is 27.5 Å². The number of benzene rings is 1. The SMILES string of the molecule is CCCCCCCCCCOc1c(N)cc(Cl)cc1Br. The molecule has 0 radical (unpaired) electrons. The molecular weight excluding hydrogens is 338 g/mol. The summed E-state index contributed by atoms with van der Waals surface area (Å²) in [6.45, 7) is 2.96. The number of nitrogen functional groups attached to an aromatic ring is 1. The summed E-state index contributed by atoms with van der Waals surface area (Å²) in [6.07, 6.45) is 10.3.